The van der Waals surface area contributed by atoms with Crippen LogP contribution in [0.3, 0.4) is 0 Å². The molecule has 2 amide bonds. The Morgan fingerprint density at radius 2 is 1.48 bits per heavy atom. The zero-order valence-electron chi connectivity index (χ0n) is 38.6. The molecule has 0 fully saturated rings. The first-order chi connectivity index (χ1) is 31.0. The fourth-order valence-electron chi connectivity index (χ4n) is 8.29. The summed E-state index contributed by atoms with van der Waals surface area (Å²) in [5.41, 5.74) is 24.5. The average molecular weight is 885 g/mol. The molecular formula is C52H64N6O7. The van der Waals surface area contributed by atoms with Crippen LogP contribution in [0.2, 0.25) is 0 Å². The second-order valence-electron chi connectivity index (χ2n) is 17.9. The Labute approximate surface area is 383 Å². The predicted molar refractivity (Wildman–Crippen MR) is 252 cm³/mol. The summed E-state index contributed by atoms with van der Waals surface area (Å²) in [5.74, 6) is -2.89. The van der Waals surface area contributed by atoms with E-state index in [-0.39, 0.29) is 88.4 Å². The minimum Gasteiger partial charge on any atom is -0.492 e. The van der Waals surface area contributed by atoms with E-state index >= 15 is 0 Å². The Bertz CT molecular complexity index is 2400. The highest BCUT2D eigenvalue weighted by molar-refractivity contribution is 6.01. The zero-order valence-corrected chi connectivity index (χ0v) is 38.6. The lowest BCUT2D eigenvalue weighted by Crippen LogP contribution is -2.46. The number of nitrogens with two attached hydrogens (primary N) is 3. The van der Waals surface area contributed by atoms with Gasteiger partial charge in [-0.05, 0) is 89.4 Å². The number of carbonyl (C=O) groups is 5. The van der Waals surface area contributed by atoms with Gasteiger partial charge in [-0.1, -0.05) is 82.3 Å². The van der Waals surface area contributed by atoms with E-state index in [0.717, 1.165) is 16.7 Å². The Morgan fingerprint density at radius 1 is 0.846 bits per heavy atom. The number of nitrogens with one attached hydrogen (secondary N) is 1. The maximum Gasteiger partial charge on any atom is 0.226 e. The van der Waals surface area contributed by atoms with Crippen LogP contribution in [0.5, 0.6) is 11.5 Å². The van der Waals surface area contributed by atoms with E-state index < -0.39 is 41.5 Å². The van der Waals surface area contributed by atoms with E-state index in [0.29, 0.717) is 39.3 Å². The number of carbonyl (C=O) groups excluding carboxylic acids is 5. The summed E-state index contributed by atoms with van der Waals surface area (Å²) < 4.78 is 12.3. The SMILES string of the molecule is Cc1cc(-c2ccc(C(C)(C)C)cc2)ccc1C(=O)C[C@@H](CCN)C(=O)N(C)[C@@H]1C(=O)C[C@@H](C)C(=O)N[C@H](C(=O)CCC#N)Cc2ccc(OCCN)c(c2)-c2cc1ccc2OCCN. The first-order valence-electron chi connectivity index (χ1n) is 22.4. The number of nitrogens with zero attached hydrogens (tertiary/aromatic N) is 2. The number of aryl methyl sites for hydroxylation is 1. The molecule has 4 aromatic rings. The number of hydrogen-bond donors (Lipinski definition) is 4. The number of hydrogen-bond acceptors (Lipinski definition) is 11. The minimum absolute atomic E-state index is 0.0144. The van der Waals surface area contributed by atoms with Crippen LogP contribution in [-0.4, -0.2) is 80.0 Å². The zero-order chi connectivity index (χ0) is 47.4. The third-order valence-electron chi connectivity index (χ3n) is 11.9. The number of amides is 2. The van der Waals surface area contributed by atoms with Crippen molar-refractivity contribution in [3.8, 4) is 39.8 Å². The molecule has 344 valence electrons. The third kappa shape index (κ3) is 12.5. The second kappa shape index (κ2) is 22.6. The molecule has 0 unspecified atom stereocenters. The van der Waals surface area contributed by atoms with Crippen LogP contribution in [0.25, 0.3) is 22.3 Å². The second-order valence-corrected chi connectivity index (χ2v) is 17.9. The number of likely N-dealkylation sites (N-methyl/N-ethyl adjacent to an activating group) is 1. The van der Waals surface area contributed by atoms with Crippen LogP contribution in [0.1, 0.15) is 98.5 Å². The molecule has 1 aliphatic rings. The van der Waals surface area contributed by atoms with Crippen LogP contribution >= 0.6 is 0 Å². The molecule has 4 bridgehead atoms. The molecule has 0 aromatic heterocycles. The number of fused-ring (bicyclic) bond motifs is 5. The molecule has 13 heteroatoms. The molecule has 4 aromatic carbocycles. The van der Waals surface area contributed by atoms with Crippen LogP contribution in [0.4, 0.5) is 0 Å². The molecule has 1 heterocycles. The van der Waals surface area contributed by atoms with Crippen molar-refractivity contribution < 1.29 is 33.4 Å². The van der Waals surface area contributed by atoms with Gasteiger partial charge < -0.3 is 36.9 Å². The van der Waals surface area contributed by atoms with Crippen molar-refractivity contribution in [3.05, 3.63) is 107 Å². The number of benzene rings is 4. The Morgan fingerprint density at radius 3 is 2.08 bits per heavy atom. The molecule has 13 nitrogen and oxygen atoms in total. The molecule has 0 saturated heterocycles. The summed E-state index contributed by atoms with van der Waals surface area (Å²) >= 11 is 0. The number of Topliss-reactive ketones (excluding diaryl/α,β-unsaturated/α-hetero) is 3. The van der Waals surface area contributed by atoms with Gasteiger partial charge in [0.05, 0.1) is 12.1 Å². The molecule has 0 radical (unpaired) electrons. The van der Waals surface area contributed by atoms with E-state index in [1.165, 1.54) is 17.5 Å². The fraction of sp³-hybridized carbons (Fsp3) is 0.423. The summed E-state index contributed by atoms with van der Waals surface area (Å²) in [6, 6.07) is 24.4. The van der Waals surface area contributed by atoms with E-state index in [4.69, 9.17) is 26.7 Å². The van der Waals surface area contributed by atoms with Gasteiger partial charge in [0.25, 0.3) is 0 Å². The molecule has 0 spiro atoms. The first-order valence-corrected chi connectivity index (χ1v) is 22.4. The van der Waals surface area contributed by atoms with Gasteiger partial charge in [0.2, 0.25) is 11.8 Å². The van der Waals surface area contributed by atoms with Gasteiger partial charge in [0.1, 0.15) is 30.8 Å². The quantitative estimate of drug-likeness (QED) is 0.0833. The molecule has 4 atom stereocenters. The van der Waals surface area contributed by atoms with E-state index in [1.54, 1.807) is 43.3 Å². The van der Waals surface area contributed by atoms with Crippen molar-refractivity contribution in [2.75, 3.05) is 39.9 Å². The molecule has 0 saturated carbocycles. The van der Waals surface area contributed by atoms with Gasteiger partial charge in [-0.25, -0.2) is 0 Å². The van der Waals surface area contributed by atoms with Gasteiger partial charge in [-0.3, -0.25) is 24.0 Å². The topological polar surface area (TPSA) is 221 Å². The highest BCUT2D eigenvalue weighted by Crippen LogP contribution is 2.41. The van der Waals surface area contributed by atoms with Crippen molar-refractivity contribution in [1.29, 1.82) is 5.26 Å². The number of rotatable bonds is 17. The van der Waals surface area contributed by atoms with Crippen molar-refractivity contribution in [2.24, 2.45) is 29.0 Å². The molecular weight excluding hydrogens is 821 g/mol. The maximum absolute atomic E-state index is 14.8. The normalized spacial score (nSPS) is 17.0. The average Bonchev–Trinajstić information content (AvgIpc) is 3.28. The van der Waals surface area contributed by atoms with Crippen molar-refractivity contribution in [2.45, 2.75) is 90.6 Å². The Balaban J connectivity index is 1.55. The van der Waals surface area contributed by atoms with Crippen LogP contribution in [-0.2, 0) is 31.0 Å². The lowest BCUT2D eigenvalue weighted by atomic mass is 9.86. The van der Waals surface area contributed by atoms with Crippen molar-refractivity contribution >= 4 is 29.2 Å². The summed E-state index contributed by atoms with van der Waals surface area (Å²) in [6.07, 6.45) is -0.239. The fourth-order valence-corrected chi connectivity index (χ4v) is 8.29. The molecule has 1 aliphatic heterocycles. The lowest BCUT2D eigenvalue weighted by Gasteiger charge is -2.32. The Hall–Kier alpha value is -6.20. The molecule has 65 heavy (non-hydrogen) atoms. The highest BCUT2D eigenvalue weighted by atomic mass is 16.5. The van der Waals surface area contributed by atoms with Crippen molar-refractivity contribution in [1.82, 2.24) is 10.2 Å². The summed E-state index contributed by atoms with van der Waals surface area (Å²) in [7, 11) is 1.52. The predicted octanol–water partition coefficient (Wildman–Crippen LogP) is 6.55. The summed E-state index contributed by atoms with van der Waals surface area (Å²) in [4.78, 5) is 72.2. The minimum atomic E-state index is -1.21. The van der Waals surface area contributed by atoms with E-state index in [2.05, 4.69) is 50.4 Å². The number of ketones is 3. The smallest absolute Gasteiger partial charge is 0.226 e. The monoisotopic (exact) mass is 884 g/mol. The molecule has 5 rings (SSSR count). The maximum atomic E-state index is 14.8. The van der Waals surface area contributed by atoms with Gasteiger partial charge in [0, 0.05) is 74.3 Å². The van der Waals surface area contributed by atoms with Crippen LogP contribution in [0.15, 0.2) is 78.9 Å². The lowest BCUT2D eigenvalue weighted by molar-refractivity contribution is -0.142. The molecule has 7 N–H and O–H groups in total. The van der Waals surface area contributed by atoms with Crippen LogP contribution < -0.4 is 32.0 Å². The standard InChI is InChI=1S/C52H64N6O7/c1-32-26-36(35-10-14-39(15-11-35)52(3,4)5)12-16-40(32)45(60)31-38(19-21-54)51(63)58(6)49-37-13-18-48(65-25-23-56)42(30-37)41-28-34(9-17-47(41)64-24-22-55)29-43(44(59)8-7-20-53)57-50(62)33(2)27-46(49)61/h9-18,26,28,30,33,38,43,49H,7-8,19,21-25,27,29,31,54-56H2,1-6H3,(H,57,62)/t33-,38-,43+,49+/m1/s1. The summed E-state index contributed by atoms with van der Waals surface area (Å²) in [5, 5.41) is 12.1. The largest absolute Gasteiger partial charge is 0.492 e. The summed E-state index contributed by atoms with van der Waals surface area (Å²) in [6.45, 7) is 10.9. The van der Waals surface area contributed by atoms with Gasteiger partial charge >= 0.3 is 0 Å². The van der Waals surface area contributed by atoms with Crippen molar-refractivity contribution in [3.63, 3.8) is 0 Å². The third-order valence-corrected chi connectivity index (χ3v) is 11.9. The van der Waals surface area contributed by atoms with Crippen LogP contribution in [0, 0.1) is 30.1 Å². The number of nitriles is 1. The van der Waals surface area contributed by atoms with Gasteiger partial charge in [-0.2, -0.15) is 5.26 Å². The molecule has 0 aliphatic carbocycles. The van der Waals surface area contributed by atoms with E-state index in [9.17, 15) is 29.2 Å². The van der Waals surface area contributed by atoms with E-state index in [1.807, 2.05) is 31.2 Å². The number of ether oxygens (including phenoxy) is 2. The van der Waals surface area contributed by atoms with Gasteiger partial charge in [-0.15, -0.1) is 0 Å². The Kier molecular flexibility index (Phi) is 17.3. The van der Waals surface area contributed by atoms with Gasteiger partial charge in [0.15, 0.2) is 17.3 Å². The first kappa shape index (κ1) is 49.8. The highest BCUT2D eigenvalue weighted by Gasteiger charge is 2.36.